The predicted octanol–water partition coefficient (Wildman–Crippen LogP) is 2.55. The minimum atomic E-state index is -0.895. The van der Waals surface area contributed by atoms with Crippen LogP contribution in [-0.2, 0) is 16.1 Å². The highest BCUT2D eigenvalue weighted by Gasteiger charge is 2.55. The number of hydrogen-bond donors (Lipinski definition) is 0. The average Bonchev–Trinajstić information content (AvgIpc) is 3.47. The van der Waals surface area contributed by atoms with E-state index in [9.17, 15) is 9.59 Å². The minimum Gasteiger partial charge on any atom is -0.497 e. The first-order chi connectivity index (χ1) is 15.1. The molecule has 0 unspecified atom stereocenters. The standard InChI is InChI=1S/C21H18N6O4/c1-12-5-3-4-6-15(12)19-22-16(31-24-19)11-26-18-17(23-25-26)20(28)27(21(18)29)13-7-9-14(30-2)10-8-13/h3-10,17-18H,11H2,1-2H3/t17-,18+/m1/s1. The van der Waals surface area contributed by atoms with E-state index in [1.807, 2.05) is 31.2 Å². The molecule has 1 aromatic heterocycles. The van der Waals surface area contributed by atoms with Crippen molar-refractivity contribution < 1.29 is 18.8 Å². The predicted molar refractivity (Wildman–Crippen MR) is 108 cm³/mol. The molecule has 3 aromatic rings. The number of hydrogen-bond acceptors (Lipinski definition) is 9. The summed E-state index contributed by atoms with van der Waals surface area (Å²) in [5, 5.41) is 13.5. The van der Waals surface area contributed by atoms with Gasteiger partial charge in [0.1, 0.15) is 12.3 Å². The molecule has 31 heavy (non-hydrogen) atoms. The molecule has 2 aliphatic rings. The van der Waals surface area contributed by atoms with E-state index in [4.69, 9.17) is 9.26 Å². The molecule has 0 saturated carbocycles. The van der Waals surface area contributed by atoms with Gasteiger partial charge in [-0.2, -0.15) is 10.1 Å². The van der Waals surface area contributed by atoms with Gasteiger partial charge in [0.15, 0.2) is 12.1 Å². The Balaban J connectivity index is 1.36. The summed E-state index contributed by atoms with van der Waals surface area (Å²) in [7, 11) is 1.55. The number of methoxy groups -OCH3 is 1. The molecule has 10 heteroatoms. The summed E-state index contributed by atoms with van der Waals surface area (Å²) < 4.78 is 10.5. The lowest BCUT2D eigenvalue weighted by Gasteiger charge is -2.19. The van der Waals surface area contributed by atoms with Crippen LogP contribution < -0.4 is 9.64 Å². The average molecular weight is 418 g/mol. The molecule has 2 atom stereocenters. The van der Waals surface area contributed by atoms with Gasteiger partial charge in [-0.1, -0.05) is 34.6 Å². The first-order valence-electron chi connectivity index (χ1n) is 9.64. The minimum absolute atomic E-state index is 0.0685. The second kappa shape index (κ2) is 7.31. The van der Waals surface area contributed by atoms with E-state index in [2.05, 4.69) is 20.5 Å². The van der Waals surface area contributed by atoms with Crippen LogP contribution in [-0.4, -0.2) is 46.2 Å². The number of benzene rings is 2. The van der Waals surface area contributed by atoms with E-state index in [0.29, 0.717) is 17.3 Å². The third-order valence-electron chi connectivity index (χ3n) is 5.34. The summed E-state index contributed by atoms with van der Waals surface area (Å²) in [4.78, 5) is 31.4. The van der Waals surface area contributed by atoms with E-state index in [0.717, 1.165) is 16.0 Å². The maximum Gasteiger partial charge on any atom is 0.263 e. The number of imide groups is 1. The molecule has 10 nitrogen and oxygen atoms in total. The normalized spacial score (nSPS) is 19.9. The fourth-order valence-corrected chi connectivity index (χ4v) is 3.73. The first-order valence-corrected chi connectivity index (χ1v) is 9.64. The molecule has 2 aliphatic heterocycles. The van der Waals surface area contributed by atoms with Crippen molar-refractivity contribution in [2.24, 2.45) is 10.3 Å². The lowest BCUT2D eigenvalue weighted by atomic mass is 10.1. The van der Waals surface area contributed by atoms with E-state index in [-0.39, 0.29) is 12.4 Å². The second-order valence-corrected chi connectivity index (χ2v) is 7.23. The van der Waals surface area contributed by atoms with Crippen LogP contribution >= 0.6 is 0 Å². The number of aromatic nitrogens is 2. The number of aryl methyl sites for hydroxylation is 1. The number of nitrogens with zero attached hydrogens (tertiary/aromatic N) is 6. The Hall–Kier alpha value is -4.08. The molecule has 0 bridgehead atoms. The van der Waals surface area contributed by atoms with Gasteiger partial charge in [0.25, 0.3) is 11.8 Å². The Kier molecular flexibility index (Phi) is 4.46. The molecule has 1 saturated heterocycles. The van der Waals surface area contributed by atoms with Gasteiger partial charge in [0.2, 0.25) is 11.7 Å². The summed E-state index contributed by atoms with van der Waals surface area (Å²) in [6, 6.07) is 12.6. The van der Waals surface area contributed by atoms with Crippen LogP contribution in [0.1, 0.15) is 11.5 Å². The summed E-state index contributed by atoms with van der Waals surface area (Å²) in [6.07, 6.45) is 0. The number of anilines is 1. The zero-order chi connectivity index (χ0) is 21.5. The van der Waals surface area contributed by atoms with Crippen LogP contribution in [0.25, 0.3) is 11.4 Å². The number of ether oxygens (including phenoxy) is 1. The zero-order valence-corrected chi connectivity index (χ0v) is 16.8. The van der Waals surface area contributed by atoms with Crippen LogP contribution in [0.15, 0.2) is 63.4 Å². The molecule has 1 fully saturated rings. The van der Waals surface area contributed by atoms with Gasteiger partial charge < -0.3 is 9.26 Å². The zero-order valence-electron chi connectivity index (χ0n) is 16.8. The summed E-state index contributed by atoms with van der Waals surface area (Å²) in [5.74, 6) is 0.544. The Morgan fingerprint density at radius 1 is 1.06 bits per heavy atom. The second-order valence-electron chi connectivity index (χ2n) is 7.23. The van der Waals surface area contributed by atoms with Gasteiger partial charge in [-0.05, 0) is 36.8 Å². The third-order valence-corrected chi connectivity index (χ3v) is 5.34. The first kappa shape index (κ1) is 18.9. The highest BCUT2D eigenvalue weighted by molar-refractivity contribution is 6.25. The summed E-state index contributed by atoms with van der Waals surface area (Å²) >= 11 is 0. The molecule has 3 heterocycles. The molecule has 156 valence electrons. The smallest absolute Gasteiger partial charge is 0.263 e. The lowest BCUT2D eigenvalue weighted by Crippen LogP contribution is -2.39. The molecule has 0 radical (unpaired) electrons. The Morgan fingerprint density at radius 2 is 1.84 bits per heavy atom. The van der Waals surface area contributed by atoms with Crippen molar-refractivity contribution in [3.8, 4) is 17.1 Å². The highest BCUT2D eigenvalue weighted by atomic mass is 16.5. The Morgan fingerprint density at radius 3 is 2.58 bits per heavy atom. The van der Waals surface area contributed by atoms with Crippen LogP contribution in [0.3, 0.4) is 0 Å². The van der Waals surface area contributed by atoms with Gasteiger partial charge >= 0.3 is 0 Å². The fraction of sp³-hybridized carbons (Fsp3) is 0.238. The van der Waals surface area contributed by atoms with Crippen molar-refractivity contribution in [3.63, 3.8) is 0 Å². The van der Waals surface area contributed by atoms with Gasteiger partial charge in [-0.25, -0.2) is 4.90 Å². The maximum absolute atomic E-state index is 13.1. The van der Waals surface area contributed by atoms with E-state index in [1.54, 1.807) is 31.4 Å². The number of amides is 2. The highest BCUT2D eigenvalue weighted by Crippen LogP contribution is 2.33. The van der Waals surface area contributed by atoms with E-state index in [1.165, 1.54) is 5.01 Å². The Bertz CT molecular complexity index is 1190. The van der Waals surface area contributed by atoms with Crippen LogP contribution in [0, 0.1) is 6.92 Å². The van der Waals surface area contributed by atoms with E-state index < -0.39 is 23.9 Å². The summed E-state index contributed by atoms with van der Waals surface area (Å²) in [5.41, 5.74) is 2.33. The number of rotatable bonds is 5. The monoisotopic (exact) mass is 418 g/mol. The number of fused-ring (bicyclic) bond motifs is 1. The van der Waals surface area contributed by atoms with Crippen molar-refractivity contribution in [2.75, 3.05) is 12.0 Å². The van der Waals surface area contributed by atoms with Crippen molar-refractivity contribution in [3.05, 3.63) is 60.0 Å². The van der Waals surface area contributed by atoms with Crippen molar-refractivity contribution in [1.82, 2.24) is 15.1 Å². The third kappa shape index (κ3) is 3.12. The quantitative estimate of drug-likeness (QED) is 0.585. The van der Waals surface area contributed by atoms with Crippen molar-refractivity contribution in [2.45, 2.75) is 25.6 Å². The molecular formula is C21H18N6O4. The van der Waals surface area contributed by atoms with E-state index >= 15 is 0 Å². The molecule has 5 rings (SSSR count). The summed E-state index contributed by atoms with van der Waals surface area (Å²) in [6.45, 7) is 2.03. The number of carbonyl (C=O) groups excluding carboxylic acids is 2. The molecule has 0 N–H and O–H groups in total. The van der Waals surface area contributed by atoms with Gasteiger partial charge in [0.05, 0.1) is 12.8 Å². The SMILES string of the molecule is COc1ccc(N2C(=O)[C@@H]3[C@@H](N=NN3Cc3nc(-c4ccccc4C)no3)C2=O)cc1. The number of carbonyl (C=O) groups is 2. The van der Waals surface area contributed by atoms with Crippen LogP contribution in [0.4, 0.5) is 5.69 Å². The Labute approximate surface area is 177 Å². The lowest BCUT2D eigenvalue weighted by molar-refractivity contribution is -0.123. The van der Waals surface area contributed by atoms with Crippen molar-refractivity contribution >= 4 is 17.5 Å². The largest absolute Gasteiger partial charge is 0.497 e. The van der Waals surface area contributed by atoms with Gasteiger partial charge in [-0.15, -0.1) is 0 Å². The van der Waals surface area contributed by atoms with Crippen LogP contribution in [0.2, 0.25) is 0 Å². The maximum atomic E-state index is 13.1. The van der Waals surface area contributed by atoms with Crippen molar-refractivity contribution in [1.29, 1.82) is 0 Å². The molecule has 0 aliphatic carbocycles. The fourth-order valence-electron chi connectivity index (χ4n) is 3.73. The molecular weight excluding hydrogens is 400 g/mol. The molecule has 2 amide bonds. The van der Waals surface area contributed by atoms with Gasteiger partial charge in [-0.3, -0.25) is 14.6 Å². The topological polar surface area (TPSA) is 113 Å². The van der Waals surface area contributed by atoms with Crippen LogP contribution in [0.5, 0.6) is 5.75 Å². The van der Waals surface area contributed by atoms with Gasteiger partial charge in [0, 0.05) is 5.56 Å². The molecule has 2 aromatic carbocycles. The molecule has 0 spiro atoms.